The molecular formula is C28H35F3N4O2. The van der Waals surface area contributed by atoms with Gasteiger partial charge in [0.15, 0.2) is 0 Å². The molecule has 9 heteroatoms. The van der Waals surface area contributed by atoms with Crippen LogP contribution < -0.4 is 20.1 Å². The van der Waals surface area contributed by atoms with Gasteiger partial charge in [0, 0.05) is 23.6 Å². The van der Waals surface area contributed by atoms with Crippen molar-refractivity contribution in [1.29, 1.82) is 0 Å². The van der Waals surface area contributed by atoms with Gasteiger partial charge in [0.1, 0.15) is 22.9 Å². The van der Waals surface area contributed by atoms with E-state index in [1.165, 1.54) is 12.8 Å². The van der Waals surface area contributed by atoms with E-state index in [2.05, 4.69) is 34.4 Å². The summed E-state index contributed by atoms with van der Waals surface area (Å²) in [5.41, 5.74) is 0.106. The molecule has 2 N–H and O–H groups in total. The van der Waals surface area contributed by atoms with Crippen molar-refractivity contribution >= 4 is 23.1 Å². The first-order valence-electron chi connectivity index (χ1n) is 12.8. The third kappa shape index (κ3) is 9.48. The molecule has 0 aliphatic heterocycles. The number of hydrogen-bond acceptors (Lipinski definition) is 6. The minimum Gasteiger partial charge on any atom is -0.494 e. The molecular weight excluding hydrogens is 481 g/mol. The Morgan fingerprint density at radius 2 is 1.43 bits per heavy atom. The number of nitrogens with zero attached hydrogens (tertiary/aromatic N) is 2. The third-order valence-electron chi connectivity index (χ3n) is 5.58. The van der Waals surface area contributed by atoms with Crippen molar-refractivity contribution in [2.45, 2.75) is 65.0 Å². The Labute approximate surface area is 216 Å². The standard InChI is InChI=1S/C28H35F3N4O2/c1-3-5-7-9-18-36-23-15-13-21(14-16-23)34-27-32-20-25(28(29,30)31)26(35-27)33-22-11-10-12-24(19-22)37-17-8-6-4-2/h10-16,19-20H,3-9,17-18H2,1-2H3,(H2,32,33,34,35). The van der Waals surface area contributed by atoms with Crippen molar-refractivity contribution in [3.8, 4) is 11.5 Å². The lowest BCUT2D eigenvalue weighted by Crippen LogP contribution is -2.12. The molecule has 6 nitrogen and oxygen atoms in total. The Hall–Kier alpha value is -3.49. The summed E-state index contributed by atoms with van der Waals surface area (Å²) in [5, 5.41) is 5.74. The second-order valence-electron chi connectivity index (χ2n) is 8.72. The summed E-state index contributed by atoms with van der Waals surface area (Å²) in [6.45, 7) is 5.46. The van der Waals surface area contributed by atoms with E-state index in [1.54, 1.807) is 48.5 Å². The minimum atomic E-state index is -4.62. The number of unbranched alkanes of at least 4 members (excludes halogenated alkanes) is 5. The molecule has 3 aromatic rings. The smallest absolute Gasteiger partial charge is 0.421 e. The van der Waals surface area contributed by atoms with E-state index in [-0.39, 0.29) is 11.8 Å². The van der Waals surface area contributed by atoms with Gasteiger partial charge in [0.2, 0.25) is 5.95 Å². The summed E-state index contributed by atoms with van der Waals surface area (Å²) in [4.78, 5) is 8.00. The number of rotatable bonds is 15. The van der Waals surface area contributed by atoms with Crippen molar-refractivity contribution in [2.24, 2.45) is 0 Å². The van der Waals surface area contributed by atoms with E-state index in [0.29, 0.717) is 30.3 Å². The Bertz CT molecular complexity index is 1090. The molecule has 37 heavy (non-hydrogen) atoms. The molecule has 0 atom stereocenters. The van der Waals surface area contributed by atoms with Crippen LogP contribution in [0.1, 0.15) is 64.4 Å². The van der Waals surface area contributed by atoms with Crippen LogP contribution in [0.4, 0.5) is 36.3 Å². The lowest BCUT2D eigenvalue weighted by molar-refractivity contribution is -0.137. The van der Waals surface area contributed by atoms with Gasteiger partial charge in [-0.15, -0.1) is 0 Å². The molecule has 200 valence electrons. The number of alkyl halides is 3. The number of aromatic nitrogens is 2. The molecule has 0 saturated heterocycles. The van der Waals surface area contributed by atoms with Crippen LogP contribution in [0.5, 0.6) is 11.5 Å². The average molecular weight is 517 g/mol. The average Bonchev–Trinajstić information content (AvgIpc) is 2.87. The number of benzene rings is 2. The fraction of sp³-hybridized carbons (Fsp3) is 0.429. The summed E-state index contributed by atoms with van der Waals surface area (Å²) in [7, 11) is 0. The van der Waals surface area contributed by atoms with Crippen LogP contribution in [0, 0.1) is 0 Å². The molecule has 0 saturated carbocycles. The van der Waals surface area contributed by atoms with Gasteiger partial charge in [0.05, 0.1) is 13.2 Å². The second kappa shape index (κ2) is 14.3. The number of anilines is 4. The van der Waals surface area contributed by atoms with Crippen LogP contribution in [0.2, 0.25) is 0 Å². The van der Waals surface area contributed by atoms with Crippen molar-refractivity contribution in [3.63, 3.8) is 0 Å². The van der Waals surface area contributed by atoms with Crippen LogP contribution in [-0.2, 0) is 6.18 Å². The van der Waals surface area contributed by atoms with Crippen LogP contribution in [0.15, 0.2) is 54.7 Å². The van der Waals surface area contributed by atoms with Gasteiger partial charge in [-0.05, 0) is 49.2 Å². The zero-order valence-corrected chi connectivity index (χ0v) is 21.4. The summed E-state index contributed by atoms with van der Waals surface area (Å²) in [6.07, 6.45) is 3.69. The van der Waals surface area contributed by atoms with Gasteiger partial charge in [-0.1, -0.05) is 52.0 Å². The molecule has 0 bridgehead atoms. The largest absolute Gasteiger partial charge is 0.494 e. The van der Waals surface area contributed by atoms with Gasteiger partial charge >= 0.3 is 6.18 Å². The van der Waals surface area contributed by atoms with Gasteiger partial charge in [-0.25, -0.2) is 4.98 Å². The molecule has 0 aliphatic carbocycles. The van der Waals surface area contributed by atoms with Gasteiger partial charge < -0.3 is 20.1 Å². The Balaban J connectivity index is 1.69. The molecule has 2 aromatic carbocycles. The van der Waals surface area contributed by atoms with Crippen LogP contribution in [-0.4, -0.2) is 23.2 Å². The maximum Gasteiger partial charge on any atom is 0.421 e. The fourth-order valence-corrected chi connectivity index (χ4v) is 3.57. The lowest BCUT2D eigenvalue weighted by atomic mass is 10.2. The molecule has 1 heterocycles. The normalized spacial score (nSPS) is 11.3. The summed E-state index contributed by atoms with van der Waals surface area (Å²) >= 11 is 0. The quantitative estimate of drug-likeness (QED) is 0.197. The first kappa shape index (κ1) is 28.1. The van der Waals surface area contributed by atoms with E-state index in [4.69, 9.17) is 9.47 Å². The van der Waals surface area contributed by atoms with Crippen LogP contribution in [0.3, 0.4) is 0 Å². The van der Waals surface area contributed by atoms with Crippen LogP contribution >= 0.6 is 0 Å². The van der Waals surface area contributed by atoms with Gasteiger partial charge in [0.25, 0.3) is 0 Å². The van der Waals surface area contributed by atoms with E-state index in [1.807, 2.05) is 0 Å². The summed E-state index contributed by atoms with van der Waals surface area (Å²) in [5.74, 6) is 1.00. The summed E-state index contributed by atoms with van der Waals surface area (Å²) < 4.78 is 52.5. The van der Waals surface area contributed by atoms with Gasteiger partial charge in [-0.3, -0.25) is 0 Å². The van der Waals surface area contributed by atoms with Gasteiger partial charge in [-0.2, -0.15) is 18.2 Å². The monoisotopic (exact) mass is 516 g/mol. The highest BCUT2D eigenvalue weighted by Gasteiger charge is 2.35. The molecule has 1 aromatic heterocycles. The predicted octanol–water partition coefficient (Wildman–Crippen LogP) is 8.51. The zero-order valence-electron chi connectivity index (χ0n) is 21.4. The van der Waals surface area contributed by atoms with E-state index in [9.17, 15) is 13.2 Å². The van der Waals surface area contributed by atoms with Crippen molar-refractivity contribution < 1.29 is 22.6 Å². The minimum absolute atomic E-state index is 0.0377. The SMILES string of the molecule is CCCCCCOc1ccc(Nc2ncc(C(F)(F)F)c(Nc3cccc(OCCCCC)c3)n2)cc1. The number of hydrogen-bond donors (Lipinski definition) is 2. The first-order valence-corrected chi connectivity index (χ1v) is 12.8. The van der Waals surface area contributed by atoms with Crippen molar-refractivity contribution in [2.75, 3.05) is 23.8 Å². The highest BCUT2D eigenvalue weighted by atomic mass is 19.4. The van der Waals surface area contributed by atoms with E-state index >= 15 is 0 Å². The van der Waals surface area contributed by atoms with Crippen molar-refractivity contribution in [1.82, 2.24) is 9.97 Å². The lowest BCUT2D eigenvalue weighted by Gasteiger charge is -2.15. The molecule has 0 aliphatic rings. The fourth-order valence-electron chi connectivity index (χ4n) is 3.57. The number of ether oxygens (including phenoxy) is 2. The molecule has 0 radical (unpaired) electrons. The zero-order chi connectivity index (χ0) is 26.5. The maximum atomic E-state index is 13.7. The Morgan fingerprint density at radius 3 is 2.14 bits per heavy atom. The second-order valence-corrected chi connectivity index (χ2v) is 8.72. The highest BCUT2D eigenvalue weighted by Crippen LogP contribution is 2.36. The first-order chi connectivity index (χ1) is 17.9. The predicted molar refractivity (Wildman–Crippen MR) is 141 cm³/mol. The molecule has 3 rings (SSSR count). The van der Waals surface area contributed by atoms with E-state index in [0.717, 1.165) is 44.1 Å². The molecule has 0 spiro atoms. The molecule has 0 amide bonds. The summed E-state index contributed by atoms with van der Waals surface area (Å²) in [6, 6.07) is 14.0. The molecule has 0 unspecified atom stereocenters. The number of nitrogens with one attached hydrogen (secondary N) is 2. The highest BCUT2D eigenvalue weighted by molar-refractivity contribution is 5.64. The number of halogens is 3. The maximum absolute atomic E-state index is 13.7. The third-order valence-corrected chi connectivity index (χ3v) is 5.58. The van der Waals surface area contributed by atoms with Crippen molar-refractivity contribution in [3.05, 3.63) is 60.3 Å². The Kier molecular flexibility index (Phi) is 10.9. The van der Waals surface area contributed by atoms with Crippen LogP contribution in [0.25, 0.3) is 0 Å². The molecule has 0 fully saturated rings. The van der Waals surface area contributed by atoms with E-state index < -0.39 is 11.7 Å². The Morgan fingerprint density at radius 1 is 0.757 bits per heavy atom. The topological polar surface area (TPSA) is 68.3 Å².